The first-order valence-corrected chi connectivity index (χ1v) is 12.6. The van der Waals surface area contributed by atoms with Crippen LogP contribution in [0, 0.1) is 0 Å². The predicted molar refractivity (Wildman–Crippen MR) is 130 cm³/mol. The number of aromatic nitrogens is 3. The normalized spacial score (nSPS) is 12.2. The van der Waals surface area contributed by atoms with Crippen molar-refractivity contribution in [1.82, 2.24) is 20.3 Å². The Balaban J connectivity index is 1.47. The number of nitrogens with zero attached hydrogens (tertiary/aromatic N) is 2. The summed E-state index contributed by atoms with van der Waals surface area (Å²) < 4.78 is 1.25. The van der Waals surface area contributed by atoms with Crippen LogP contribution in [0.1, 0.15) is 67.0 Å². The number of amides is 1. The molecule has 0 saturated carbocycles. The molecule has 1 atom stereocenters. The maximum atomic E-state index is 12.7. The molecule has 32 heavy (non-hydrogen) atoms. The first-order chi connectivity index (χ1) is 15.6. The van der Waals surface area contributed by atoms with E-state index in [1.165, 1.54) is 21.4 Å². The van der Waals surface area contributed by atoms with E-state index >= 15 is 0 Å². The maximum absolute atomic E-state index is 12.7. The second-order valence-electron chi connectivity index (χ2n) is 7.74. The Morgan fingerprint density at radius 3 is 2.84 bits per heavy atom. The van der Waals surface area contributed by atoms with Crippen molar-refractivity contribution >= 4 is 44.5 Å². The van der Waals surface area contributed by atoms with Gasteiger partial charge in [0.2, 0.25) is 0 Å². The van der Waals surface area contributed by atoms with Gasteiger partial charge in [-0.25, -0.2) is 4.98 Å². The highest BCUT2D eigenvalue weighted by Crippen LogP contribution is 2.28. The molecule has 0 radical (unpaired) electrons. The SMILES string of the molecule is CCC(=O)CCCCC[C@H](NC(=O)c1cncs1)c1ncc(-c2ccc3sccc3c2)[nH]1. The summed E-state index contributed by atoms with van der Waals surface area (Å²) in [6.07, 6.45) is 8.12. The number of ketones is 1. The second-order valence-corrected chi connectivity index (χ2v) is 9.57. The van der Waals surface area contributed by atoms with Gasteiger partial charge in [-0.2, -0.15) is 0 Å². The van der Waals surface area contributed by atoms with Crippen LogP contribution >= 0.6 is 22.7 Å². The Bertz CT molecular complexity index is 1180. The van der Waals surface area contributed by atoms with Gasteiger partial charge >= 0.3 is 0 Å². The topological polar surface area (TPSA) is 87.7 Å². The number of nitrogens with one attached hydrogen (secondary N) is 2. The highest BCUT2D eigenvalue weighted by atomic mass is 32.1. The van der Waals surface area contributed by atoms with E-state index < -0.39 is 0 Å². The summed E-state index contributed by atoms with van der Waals surface area (Å²) in [5.41, 5.74) is 3.65. The van der Waals surface area contributed by atoms with Crippen LogP contribution in [-0.2, 0) is 4.79 Å². The van der Waals surface area contributed by atoms with E-state index in [1.54, 1.807) is 23.0 Å². The van der Waals surface area contributed by atoms with Crippen LogP contribution in [0.15, 0.2) is 47.5 Å². The predicted octanol–water partition coefficient (Wildman–Crippen LogP) is 6.15. The van der Waals surface area contributed by atoms with Crippen LogP contribution in [0.3, 0.4) is 0 Å². The summed E-state index contributed by atoms with van der Waals surface area (Å²) in [5, 5.41) is 6.41. The van der Waals surface area contributed by atoms with Crippen molar-refractivity contribution in [2.45, 2.75) is 51.5 Å². The number of rotatable bonds is 11. The number of H-pyrrole nitrogens is 1. The maximum Gasteiger partial charge on any atom is 0.263 e. The summed E-state index contributed by atoms with van der Waals surface area (Å²) in [7, 11) is 0. The fraction of sp³-hybridized carbons (Fsp3) is 0.333. The summed E-state index contributed by atoms with van der Waals surface area (Å²) in [4.78, 5) is 36.8. The van der Waals surface area contributed by atoms with Gasteiger partial charge < -0.3 is 10.3 Å². The third kappa shape index (κ3) is 5.49. The molecule has 1 amide bonds. The fourth-order valence-corrected chi connectivity index (χ4v) is 4.95. The lowest BCUT2D eigenvalue weighted by molar-refractivity contribution is -0.118. The van der Waals surface area contributed by atoms with Crippen LogP contribution in [0.5, 0.6) is 0 Å². The largest absolute Gasteiger partial charge is 0.341 e. The number of fused-ring (bicyclic) bond motifs is 1. The number of benzene rings is 1. The Labute approximate surface area is 195 Å². The number of thiazole rings is 1. The van der Waals surface area contributed by atoms with Crippen molar-refractivity contribution in [3.63, 3.8) is 0 Å². The van der Waals surface area contributed by atoms with E-state index in [1.807, 2.05) is 13.1 Å². The number of unbranched alkanes of at least 4 members (excludes halogenated alkanes) is 2. The number of hydrogen-bond acceptors (Lipinski definition) is 6. The molecule has 0 aliphatic heterocycles. The molecule has 0 fully saturated rings. The van der Waals surface area contributed by atoms with E-state index in [-0.39, 0.29) is 11.9 Å². The van der Waals surface area contributed by atoms with Gasteiger partial charge in [0.05, 0.1) is 29.6 Å². The van der Waals surface area contributed by atoms with E-state index in [0.717, 1.165) is 42.8 Å². The molecule has 4 aromatic rings. The van der Waals surface area contributed by atoms with Crippen molar-refractivity contribution in [1.29, 1.82) is 0 Å². The molecule has 0 saturated heterocycles. The Kier molecular flexibility index (Phi) is 7.44. The molecule has 1 aromatic carbocycles. The van der Waals surface area contributed by atoms with Crippen molar-refractivity contribution < 1.29 is 9.59 Å². The number of aromatic amines is 1. The summed E-state index contributed by atoms with van der Waals surface area (Å²) in [6, 6.07) is 8.24. The van der Waals surface area contributed by atoms with Crippen molar-refractivity contribution in [2.24, 2.45) is 0 Å². The molecule has 8 heteroatoms. The average molecular weight is 467 g/mol. The zero-order valence-corrected chi connectivity index (χ0v) is 19.6. The van der Waals surface area contributed by atoms with Crippen LogP contribution < -0.4 is 5.32 Å². The van der Waals surface area contributed by atoms with E-state index in [9.17, 15) is 9.59 Å². The average Bonchev–Trinajstić information content (AvgIpc) is 3.58. The highest BCUT2D eigenvalue weighted by molar-refractivity contribution is 7.17. The molecule has 6 nitrogen and oxygen atoms in total. The Hall–Kier alpha value is -2.84. The van der Waals surface area contributed by atoms with Gasteiger partial charge in [-0.15, -0.1) is 22.7 Å². The molecule has 0 unspecified atom stereocenters. The lowest BCUT2D eigenvalue weighted by Crippen LogP contribution is -2.28. The molecule has 0 aliphatic rings. The zero-order valence-electron chi connectivity index (χ0n) is 18.0. The summed E-state index contributed by atoms with van der Waals surface area (Å²) in [6.45, 7) is 1.90. The quantitative estimate of drug-likeness (QED) is 0.260. The molecule has 0 bridgehead atoms. The van der Waals surface area contributed by atoms with E-state index in [2.05, 4.69) is 49.9 Å². The molecule has 4 rings (SSSR count). The Morgan fingerprint density at radius 2 is 2.03 bits per heavy atom. The summed E-state index contributed by atoms with van der Waals surface area (Å²) >= 11 is 3.04. The Morgan fingerprint density at radius 1 is 1.12 bits per heavy atom. The number of carbonyl (C=O) groups is 2. The van der Waals surface area contributed by atoms with Crippen LogP contribution in [-0.4, -0.2) is 26.6 Å². The third-order valence-corrected chi connectivity index (χ3v) is 7.16. The lowest BCUT2D eigenvalue weighted by atomic mass is 10.0. The number of Topliss-reactive ketones (excluding diaryl/α,β-unsaturated/α-hetero) is 1. The van der Waals surface area contributed by atoms with Crippen LogP contribution in [0.4, 0.5) is 0 Å². The molecule has 0 spiro atoms. The number of hydrogen-bond donors (Lipinski definition) is 2. The number of thiophene rings is 1. The van der Waals surface area contributed by atoms with Gasteiger partial charge in [-0.1, -0.05) is 25.8 Å². The monoisotopic (exact) mass is 466 g/mol. The molecule has 0 aliphatic carbocycles. The smallest absolute Gasteiger partial charge is 0.263 e. The van der Waals surface area contributed by atoms with E-state index in [4.69, 9.17) is 0 Å². The minimum absolute atomic E-state index is 0.142. The highest BCUT2D eigenvalue weighted by Gasteiger charge is 2.20. The summed E-state index contributed by atoms with van der Waals surface area (Å²) in [5.74, 6) is 0.905. The van der Waals surface area contributed by atoms with Crippen LogP contribution in [0.25, 0.3) is 21.3 Å². The minimum atomic E-state index is -0.231. The first kappa shape index (κ1) is 22.4. The van der Waals surface area contributed by atoms with Crippen molar-refractivity contribution in [3.8, 4) is 11.3 Å². The van der Waals surface area contributed by atoms with Crippen molar-refractivity contribution in [2.75, 3.05) is 0 Å². The molecule has 166 valence electrons. The van der Waals surface area contributed by atoms with E-state index in [0.29, 0.717) is 23.5 Å². The molecule has 3 heterocycles. The van der Waals surface area contributed by atoms with Gasteiger partial charge in [-0.3, -0.25) is 14.6 Å². The third-order valence-electron chi connectivity index (χ3n) is 5.49. The molecular formula is C24H26N4O2S2. The van der Waals surface area contributed by atoms with Gasteiger partial charge in [0.1, 0.15) is 16.5 Å². The minimum Gasteiger partial charge on any atom is -0.341 e. The molecular weight excluding hydrogens is 440 g/mol. The fourth-order valence-electron chi connectivity index (χ4n) is 3.65. The second kappa shape index (κ2) is 10.7. The standard InChI is InChI=1S/C24H26N4O2S2/c1-2-18(29)6-4-3-5-7-19(28-24(30)22-14-25-15-32-22)23-26-13-20(27-23)16-8-9-21-17(12-16)10-11-31-21/h8-15,19H,2-7H2,1H3,(H,26,27)(H,28,30)/t19-/m0/s1. The molecule has 2 N–H and O–H groups in total. The van der Waals surface area contributed by atoms with Crippen molar-refractivity contribution in [3.05, 3.63) is 58.3 Å². The lowest BCUT2D eigenvalue weighted by Gasteiger charge is -2.16. The van der Waals surface area contributed by atoms with Crippen LogP contribution in [0.2, 0.25) is 0 Å². The van der Waals surface area contributed by atoms with Gasteiger partial charge in [0.25, 0.3) is 5.91 Å². The van der Waals surface area contributed by atoms with Gasteiger partial charge in [-0.05, 0) is 41.8 Å². The number of imidazole rings is 1. The molecule has 3 aromatic heterocycles. The first-order valence-electron chi connectivity index (χ1n) is 10.9. The zero-order chi connectivity index (χ0) is 22.3. The van der Waals surface area contributed by atoms with Gasteiger partial charge in [0.15, 0.2) is 0 Å². The number of carbonyl (C=O) groups excluding carboxylic acids is 2. The van der Waals surface area contributed by atoms with Gasteiger partial charge in [0, 0.05) is 23.1 Å².